The minimum Gasteiger partial charge on any atom is -0.281 e. The van der Waals surface area contributed by atoms with Crippen LogP contribution in [0.5, 0.6) is 0 Å². The molecule has 0 heterocycles. The third-order valence-electron chi connectivity index (χ3n) is 1.40. The van der Waals surface area contributed by atoms with Gasteiger partial charge in [0.15, 0.2) is 0 Å². The van der Waals surface area contributed by atoms with E-state index in [0.717, 1.165) is 6.42 Å². The third-order valence-corrected chi connectivity index (χ3v) is 1.68. The van der Waals surface area contributed by atoms with Crippen molar-refractivity contribution in [2.24, 2.45) is 11.8 Å². The summed E-state index contributed by atoms with van der Waals surface area (Å²) in [6, 6.07) is 0. The van der Waals surface area contributed by atoms with Crippen LogP contribution in [0.3, 0.4) is 0 Å². The van der Waals surface area contributed by atoms with Crippen LogP contribution < -0.4 is 0 Å². The summed E-state index contributed by atoms with van der Waals surface area (Å²) in [6.07, 6.45) is 1.00. The first-order valence-corrected chi connectivity index (χ1v) is 2.79. The van der Waals surface area contributed by atoms with Gasteiger partial charge in [0.1, 0.15) is 0 Å². The maximum Gasteiger partial charge on any atom is 0.224 e. The van der Waals surface area contributed by atoms with Crippen molar-refractivity contribution < 1.29 is 4.79 Å². The largest absolute Gasteiger partial charge is 0.281 e. The zero-order chi connectivity index (χ0) is 5.44. The summed E-state index contributed by atoms with van der Waals surface area (Å²) in [6.45, 7) is 2.03. The molecule has 0 spiro atoms. The Hall–Kier alpha value is -0.0400. The Morgan fingerprint density at radius 1 is 1.86 bits per heavy atom. The van der Waals surface area contributed by atoms with Gasteiger partial charge in [-0.1, -0.05) is 6.92 Å². The van der Waals surface area contributed by atoms with Crippen LogP contribution >= 0.6 is 11.6 Å². The first kappa shape index (κ1) is 5.10. The van der Waals surface area contributed by atoms with Crippen molar-refractivity contribution in [3.05, 3.63) is 0 Å². The van der Waals surface area contributed by atoms with Gasteiger partial charge < -0.3 is 0 Å². The Morgan fingerprint density at radius 3 is 2.29 bits per heavy atom. The zero-order valence-corrected chi connectivity index (χ0v) is 4.90. The molecular weight excluding hydrogens is 112 g/mol. The van der Waals surface area contributed by atoms with Crippen LogP contribution in [0.15, 0.2) is 0 Å². The molecule has 1 aliphatic rings. The van der Waals surface area contributed by atoms with Gasteiger partial charge in [0, 0.05) is 5.92 Å². The van der Waals surface area contributed by atoms with E-state index in [1.54, 1.807) is 0 Å². The van der Waals surface area contributed by atoms with Gasteiger partial charge in [0.05, 0.1) is 0 Å². The summed E-state index contributed by atoms with van der Waals surface area (Å²) in [7, 11) is 0. The quantitative estimate of drug-likeness (QED) is 0.476. The van der Waals surface area contributed by atoms with Gasteiger partial charge in [0.2, 0.25) is 5.24 Å². The molecule has 0 bridgehead atoms. The lowest BCUT2D eigenvalue weighted by atomic mass is 10.4. The van der Waals surface area contributed by atoms with Gasteiger partial charge >= 0.3 is 0 Å². The molecule has 40 valence electrons. The molecule has 1 aliphatic carbocycles. The fraction of sp³-hybridized carbons (Fsp3) is 0.800. The molecule has 0 radical (unpaired) electrons. The Labute approximate surface area is 47.7 Å². The predicted octanol–water partition coefficient (Wildman–Crippen LogP) is 1.41. The van der Waals surface area contributed by atoms with E-state index in [4.69, 9.17) is 11.6 Å². The normalized spacial score (nSPS) is 38.0. The molecule has 1 nitrogen and oxygen atoms in total. The summed E-state index contributed by atoms with van der Waals surface area (Å²) in [5.41, 5.74) is 0. The molecule has 0 saturated heterocycles. The number of hydrogen-bond donors (Lipinski definition) is 0. The zero-order valence-electron chi connectivity index (χ0n) is 4.15. The van der Waals surface area contributed by atoms with Crippen LogP contribution in [0.4, 0.5) is 0 Å². The molecule has 0 N–H and O–H groups in total. The molecule has 0 unspecified atom stereocenters. The Kier molecular flexibility index (Phi) is 1.08. The summed E-state index contributed by atoms with van der Waals surface area (Å²) < 4.78 is 0. The van der Waals surface area contributed by atoms with Gasteiger partial charge in [-0.2, -0.15) is 0 Å². The second-order valence-corrected chi connectivity index (χ2v) is 2.50. The van der Waals surface area contributed by atoms with Crippen molar-refractivity contribution >= 4 is 16.8 Å². The van der Waals surface area contributed by atoms with E-state index in [9.17, 15) is 4.79 Å². The average Bonchev–Trinajstić information content (AvgIpc) is 2.17. The predicted molar refractivity (Wildman–Crippen MR) is 28.1 cm³/mol. The molecule has 1 saturated carbocycles. The van der Waals surface area contributed by atoms with E-state index in [-0.39, 0.29) is 11.2 Å². The lowest BCUT2D eigenvalue weighted by Crippen LogP contribution is -1.87. The van der Waals surface area contributed by atoms with E-state index < -0.39 is 0 Å². The van der Waals surface area contributed by atoms with Crippen molar-refractivity contribution in [1.82, 2.24) is 0 Å². The van der Waals surface area contributed by atoms with Gasteiger partial charge in [-0.15, -0.1) is 0 Å². The maximum atomic E-state index is 10.2. The van der Waals surface area contributed by atoms with Gasteiger partial charge in [0.25, 0.3) is 0 Å². The van der Waals surface area contributed by atoms with Crippen LogP contribution in [-0.4, -0.2) is 5.24 Å². The molecule has 1 rings (SSSR count). The Bertz CT molecular complexity index is 100. The van der Waals surface area contributed by atoms with Crippen molar-refractivity contribution in [2.75, 3.05) is 0 Å². The smallest absolute Gasteiger partial charge is 0.224 e. The van der Waals surface area contributed by atoms with Crippen LogP contribution in [-0.2, 0) is 4.79 Å². The highest BCUT2D eigenvalue weighted by Crippen LogP contribution is 2.39. The molecule has 0 aromatic rings. The van der Waals surface area contributed by atoms with Crippen molar-refractivity contribution in [2.45, 2.75) is 13.3 Å². The highest BCUT2D eigenvalue weighted by Gasteiger charge is 2.37. The number of carbonyl (C=O) groups is 1. The molecule has 0 aliphatic heterocycles. The molecule has 7 heavy (non-hydrogen) atoms. The molecule has 2 heteroatoms. The molecule has 1 fully saturated rings. The second-order valence-electron chi connectivity index (χ2n) is 2.12. The lowest BCUT2D eigenvalue weighted by Gasteiger charge is -1.77. The molecular formula is C5H7ClO. The monoisotopic (exact) mass is 118 g/mol. The van der Waals surface area contributed by atoms with Crippen LogP contribution in [0.2, 0.25) is 0 Å². The Balaban J connectivity index is 2.33. The maximum absolute atomic E-state index is 10.2. The van der Waals surface area contributed by atoms with E-state index in [0.29, 0.717) is 5.92 Å². The number of rotatable bonds is 1. The van der Waals surface area contributed by atoms with Gasteiger partial charge in [-0.25, -0.2) is 0 Å². The minimum absolute atomic E-state index is 0.160. The fourth-order valence-corrected chi connectivity index (χ4v) is 0.942. The van der Waals surface area contributed by atoms with Crippen molar-refractivity contribution in [1.29, 1.82) is 0 Å². The van der Waals surface area contributed by atoms with Crippen molar-refractivity contribution in [3.8, 4) is 0 Å². The van der Waals surface area contributed by atoms with Crippen LogP contribution in [0.25, 0.3) is 0 Å². The highest BCUT2D eigenvalue weighted by molar-refractivity contribution is 6.64. The van der Waals surface area contributed by atoms with E-state index in [2.05, 4.69) is 0 Å². The SMILES string of the molecule is C[C@@H]1C[C@H]1C(=O)Cl. The standard InChI is InChI=1S/C5H7ClO/c1-3-2-4(3)5(6)7/h3-4H,2H2,1H3/t3-,4-/m1/s1. The van der Waals surface area contributed by atoms with E-state index >= 15 is 0 Å². The number of halogens is 1. The summed E-state index contributed by atoms with van der Waals surface area (Å²) in [4.78, 5) is 10.2. The number of carbonyl (C=O) groups excluding carboxylic acids is 1. The molecule has 0 aromatic heterocycles. The average molecular weight is 119 g/mol. The van der Waals surface area contributed by atoms with E-state index in [1.165, 1.54) is 0 Å². The van der Waals surface area contributed by atoms with Crippen LogP contribution in [0, 0.1) is 11.8 Å². The molecule has 0 aromatic carbocycles. The van der Waals surface area contributed by atoms with Crippen LogP contribution in [0.1, 0.15) is 13.3 Å². The lowest BCUT2D eigenvalue weighted by molar-refractivity contribution is -0.112. The Morgan fingerprint density at radius 2 is 2.29 bits per heavy atom. The number of hydrogen-bond acceptors (Lipinski definition) is 1. The minimum atomic E-state index is -0.160. The first-order chi connectivity index (χ1) is 3.22. The summed E-state index contributed by atoms with van der Waals surface area (Å²) >= 11 is 5.13. The second kappa shape index (κ2) is 1.48. The fourth-order valence-electron chi connectivity index (χ4n) is 0.638. The van der Waals surface area contributed by atoms with Crippen molar-refractivity contribution in [3.63, 3.8) is 0 Å². The topological polar surface area (TPSA) is 17.1 Å². The highest BCUT2D eigenvalue weighted by atomic mass is 35.5. The summed E-state index contributed by atoms with van der Waals surface area (Å²) in [5, 5.41) is -0.160. The first-order valence-electron chi connectivity index (χ1n) is 2.41. The van der Waals surface area contributed by atoms with Gasteiger partial charge in [-0.3, -0.25) is 4.79 Å². The van der Waals surface area contributed by atoms with Gasteiger partial charge in [-0.05, 0) is 23.9 Å². The van der Waals surface area contributed by atoms with E-state index in [1.807, 2.05) is 6.92 Å². The molecule has 0 amide bonds. The third kappa shape index (κ3) is 0.942. The summed E-state index contributed by atoms with van der Waals surface area (Å²) in [5.74, 6) is 0.756. The molecule has 2 atom stereocenters.